The summed E-state index contributed by atoms with van der Waals surface area (Å²) in [6.07, 6.45) is 0. The number of aromatic nitrogens is 2. The van der Waals surface area contributed by atoms with Crippen molar-refractivity contribution in [3.63, 3.8) is 0 Å². The van der Waals surface area contributed by atoms with Gasteiger partial charge >= 0.3 is 5.69 Å². The largest absolute Gasteiger partial charge is 0.300 e. The summed E-state index contributed by atoms with van der Waals surface area (Å²) in [5.74, 6) is -0.242. The minimum absolute atomic E-state index is 0.134. The van der Waals surface area contributed by atoms with Crippen LogP contribution in [-0.4, -0.2) is 23.7 Å². The molecule has 0 saturated heterocycles. The molecule has 112 valence electrons. The van der Waals surface area contributed by atoms with Gasteiger partial charge in [0.25, 0.3) is 0 Å². The number of nitro benzene ring substituents is 1. The normalized spacial score (nSPS) is 11.6. The Hall–Kier alpha value is -2.81. The van der Waals surface area contributed by atoms with Gasteiger partial charge in [-0.2, -0.15) is 0 Å². The molecule has 0 N–H and O–H groups in total. The van der Waals surface area contributed by atoms with Crippen molar-refractivity contribution in [1.29, 1.82) is 0 Å². The van der Waals surface area contributed by atoms with E-state index in [1.54, 1.807) is 30.3 Å². The van der Waals surface area contributed by atoms with Gasteiger partial charge in [0.15, 0.2) is 15.4 Å². The van der Waals surface area contributed by atoms with E-state index in [9.17, 15) is 18.5 Å². The molecule has 0 spiro atoms. The lowest BCUT2D eigenvalue weighted by Gasteiger charge is -2.04. The molecule has 1 heterocycles. The Morgan fingerprint density at radius 1 is 1.05 bits per heavy atom. The minimum atomic E-state index is -3.74. The van der Waals surface area contributed by atoms with Gasteiger partial charge in [-0.05, 0) is 21.9 Å². The van der Waals surface area contributed by atoms with Gasteiger partial charge in [-0.1, -0.05) is 30.3 Å². The molecule has 0 amide bonds. The van der Waals surface area contributed by atoms with Crippen LogP contribution in [-0.2, 0) is 15.6 Å². The molecule has 0 aliphatic rings. The summed E-state index contributed by atoms with van der Waals surface area (Å²) in [6.45, 7) is 0. The zero-order valence-electron chi connectivity index (χ0n) is 11.0. The van der Waals surface area contributed by atoms with Gasteiger partial charge in [-0.25, -0.2) is 13.0 Å². The third-order valence-electron chi connectivity index (χ3n) is 3.09. The summed E-state index contributed by atoms with van der Waals surface area (Å²) in [4.78, 5) is 10.1. The van der Waals surface area contributed by atoms with Crippen molar-refractivity contribution in [1.82, 2.24) is 10.3 Å². The van der Waals surface area contributed by atoms with Gasteiger partial charge in [0.2, 0.25) is 5.52 Å². The molecule has 0 atom stereocenters. The number of hydrogen-bond donors (Lipinski definition) is 0. The summed E-state index contributed by atoms with van der Waals surface area (Å²) < 4.78 is 29.5. The van der Waals surface area contributed by atoms with E-state index < -0.39 is 14.8 Å². The third-order valence-corrected chi connectivity index (χ3v) is 4.80. The lowest BCUT2D eigenvalue weighted by molar-refractivity contribution is -0.383. The van der Waals surface area contributed by atoms with Crippen LogP contribution >= 0.6 is 0 Å². The number of nitro groups is 1. The van der Waals surface area contributed by atoms with Crippen molar-refractivity contribution >= 4 is 26.6 Å². The summed E-state index contributed by atoms with van der Waals surface area (Å²) in [6, 6.07) is 10.8. The zero-order valence-corrected chi connectivity index (χ0v) is 11.9. The molecule has 3 rings (SSSR count). The Balaban J connectivity index is 2.12. The van der Waals surface area contributed by atoms with Crippen molar-refractivity contribution in [2.45, 2.75) is 10.6 Å². The second kappa shape index (κ2) is 5.19. The smallest absolute Gasteiger partial charge is 0.258 e. The third kappa shape index (κ3) is 2.42. The maximum atomic E-state index is 12.5. The predicted molar refractivity (Wildman–Crippen MR) is 75.8 cm³/mol. The number of fused-ring (bicyclic) bond motifs is 1. The van der Waals surface area contributed by atoms with Crippen LogP contribution in [0.15, 0.2) is 52.0 Å². The van der Waals surface area contributed by atoms with Crippen LogP contribution in [0.3, 0.4) is 0 Å². The molecule has 9 heteroatoms. The maximum absolute atomic E-state index is 12.5. The highest BCUT2D eigenvalue weighted by Crippen LogP contribution is 2.29. The monoisotopic (exact) mass is 319 g/mol. The van der Waals surface area contributed by atoms with Gasteiger partial charge in [0.05, 0.1) is 15.6 Å². The standard InChI is InChI=1S/C13H9N3O5S/c17-16(18)10-6-7-11(13-12(10)14-21-15-13)22(19,20)8-9-4-2-1-3-5-9/h1-7H,8H2. The van der Waals surface area contributed by atoms with E-state index in [4.69, 9.17) is 0 Å². The van der Waals surface area contributed by atoms with Gasteiger partial charge in [0.1, 0.15) is 0 Å². The Bertz CT molecular complexity index is 950. The molecule has 0 unspecified atom stereocenters. The molecule has 2 aromatic carbocycles. The molecule has 1 aromatic heterocycles. The van der Waals surface area contributed by atoms with Crippen LogP contribution in [0.4, 0.5) is 5.69 Å². The number of non-ortho nitro benzene ring substituents is 1. The van der Waals surface area contributed by atoms with Crippen LogP contribution < -0.4 is 0 Å². The second-order valence-electron chi connectivity index (χ2n) is 4.55. The fourth-order valence-electron chi connectivity index (χ4n) is 2.10. The van der Waals surface area contributed by atoms with Crippen molar-refractivity contribution in [2.24, 2.45) is 0 Å². The first-order valence-electron chi connectivity index (χ1n) is 6.15. The van der Waals surface area contributed by atoms with E-state index in [1.807, 2.05) is 0 Å². The SMILES string of the molecule is O=[N+]([O-])c1ccc(S(=O)(=O)Cc2ccccc2)c2nonc12. The molecule has 0 bridgehead atoms. The van der Waals surface area contributed by atoms with Gasteiger partial charge in [0, 0.05) is 6.07 Å². The Labute approximate surface area is 124 Å². The maximum Gasteiger partial charge on any atom is 0.300 e. The number of hydrogen-bond acceptors (Lipinski definition) is 7. The summed E-state index contributed by atoms with van der Waals surface area (Å²) in [7, 11) is -3.74. The van der Waals surface area contributed by atoms with E-state index >= 15 is 0 Å². The number of nitrogens with zero attached hydrogens (tertiary/aromatic N) is 3. The lowest BCUT2D eigenvalue weighted by Crippen LogP contribution is -2.06. The molecule has 0 saturated carbocycles. The van der Waals surface area contributed by atoms with E-state index in [-0.39, 0.29) is 27.4 Å². The van der Waals surface area contributed by atoms with Crippen LogP contribution in [0.2, 0.25) is 0 Å². The molecule has 0 aliphatic heterocycles. The van der Waals surface area contributed by atoms with Crippen LogP contribution in [0.5, 0.6) is 0 Å². The fraction of sp³-hybridized carbons (Fsp3) is 0.0769. The Kier molecular flexibility index (Phi) is 3.33. The molecule has 0 aliphatic carbocycles. The molecular formula is C13H9N3O5S. The van der Waals surface area contributed by atoms with Crippen LogP contribution in [0.1, 0.15) is 5.56 Å². The second-order valence-corrected chi connectivity index (χ2v) is 6.50. The lowest BCUT2D eigenvalue weighted by atomic mass is 10.2. The zero-order chi connectivity index (χ0) is 15.7. The number of benzene rings is 2. The van der Waals surface area contributed by atoms with Gasteiger partial charge < -0.3 is 0 Å². The highest BCUT2D eigenvalue weighted by Gasteiger charge is 2.26. The minimum Gasteiger partial charge on any atom is -0.258 e. The number of sulfone groups is 1. The highest BCUT2D eigenvalue weighted by molar-refractivity contribution is 7.90. The van der Waals surface area contributed by atoms with Crippen molar-refractivity contribution < 1.29 is 18.0 Å². The molecule has 0 radical (unpaired) electrons. The average Bonchev–Trinajstić information content (AvgIpc) is 2.95. The van der Waals surface area contributed by atoms with E-state index in [0.29, 0.717) is 5.56 Å². The molecule has 22 heavy (non-hydrogen) atoms. The molecule has 3 aromatic rings. The topological polar surface area (TPSA) is 116 Å². The summed E-state index contributed by atoms with van der Waals surface area (Å²) in [5, 5.41) is 17.8. The van der Waals surface area contributed by atoms with Crippen molar-refractivity contribution in [3.05, 3.63) is 58.1 Å². The van der Waals surface area contributed by atoms with E-state index in [1.165, 1.54) is 0 Å². The van der Waals surface area contributed by atoms with Crippen LogP contribution in [0, 0.1) is 10.1 Å². The van der Waals surface area contributed by atoms with Crippen molar-refractivity contribution in [3.8, 4) is 0 Å². The number of rotatable bonds is 4. The van der Waals surface area contributed by atoms with Crippen molar-refractivity contribution in [2.75, 3.05) is 0 Å². The van der Waals surface area contributed by atoms with Gasteiger partial charge in [-0.15, -0.1) is 0 Å². The molecular weight excluding hydrogens is 310 g/mol. The summed E-state index contributed by atoms with van der Waals surface area (Å²) >= 11 is 0. The predicted octanol–water partition coefficient (Wildman–Crippen LogP) is 2.10. The van der Waals surface area contributed by atoms with E-state index in [0.717, 1.165) is 12.1 Å². The average molecular weight is 319 g/mol. The Morgan fingerprint density at radius 2 is 1.73 bits per heavy atom. The molecule has 0 fully saturated rings. The first kappa shape index (κ1) is 14.1. The molecule has 8 nitrogen and oxygen atoms in total. The first-order valence-corrected chi connectivity index (χ1v) is 7.80. The van der Waals surface area contributed by atoms with E-state index in [2.05, 4.69) is 14.9 Å². The fourth-order valence-corrected chi connectivity index (χ4v) is 3.59. The first-order chi connectivity index (χ1) is 10.5. The highest BCUT2D eigenvalue weighted by atomic mass is 32.2. The quantitative estimate of drug-likeness (QED) is 0.534. The summed E-state index contributed by atoms with van der Waals surface area (Å²) in [5.41, 5.74) is -0.0652. The van der Waals surface area contributed by atoms with Gasteiger partial charge in [-0.3, -0.25) is 10.1 Å². The Morgan fingerprint density at radius 3 is 2.41 bits per heavy atom. The van der Waals surface area contributed by atoms with Crippen LogP contribution in [0.25, 0.3) is 11.0 Å².